The minimum absolute atomic E-state index is 0.153. The SMILES string of the molecule is CCCOc1cc(C=O)cc(OC)c1OC.CCCOc1cc(CC2=C(c3ccc4nsnc4c3)C(=O)OC2(O)c2ccc(OC)cc2)cc(OC)c1OC. The van der Waals surface area contributed by atoms with Crippen LogP contribution < -0.4 is 33.2 Å². The molecule has 6 rings (SSSR count). The van der Waals surface area contributed by atoms with Crippen LogP contribution in [-0.4, -0.2) is 74.9 Å². The second-order valence-corrected chi connectivity index (χ2v) is 12.7. The molecule has 13 nitrogen and oxygen atoms in total. The second kappa shape index (κ2) is 18.5. The fraction of sp³-hybridized carbons (Fsp3) is 0.317. The number of nitrogens with zero attached hydrogens (tertiary/aromatic N) is 2. The molecule has 0 spiro atoms. The molecule has 2 heterocycles. The lowest BCUT2D eigenvalue weighted by molar-refractivity contribution is -0.185. The first kappa shape index (κ1) is 40.3. The van der Waals surface area contributed by atoms with Crippen molar-refractivity contribution in [3.8, 4) is 40.2 Å². The van der Waals surface area contributed by atoms with E-state index in [2.05, 4.69) is 8.75 Å². The van der Waals surface area contributed by atoms with E-state index in [0.29, 0.717) is 81.2 Å². The van der Waals surface area contributed by atoms with Crippen molar-refractivity contribution in [1.29, 1.82) is 0 Å². The number of carbonyl (C=O) groups is 2. The van der Waals surface area contributed by atoms with E-state index >= 15 is 0 Å². The van der Waals surface area contributed by atoms with E-state index < -0.39 is 11.8 Å². The molecule has 1 aliphatic rings. The van der Waals surface area contributed by atoms with Gasteiger partial charge < -0.3 is 43.0 Å². The molecular formula is C41H44N2O11S. The third-order valence-corrected chi connectivity index (χ3v) is 9.15. The van der Waals surface area contributed by atoms with Crippen molar-refractivity contribution in [1.82, 2.24) is 8.75 Å². The molecule has 1 aliphatic heterocycles. The number of hydrogen-bond acceptors (Lipinski definition) is 14. The average Bonchev–Trinajstić information content (AvgIpc) is 3.79. The van der Waals surface area contributed by atoms with Crippen LogP contribution >= 0.6 is 11.7 Å². The number of benzene rings is 4. The first-order valence-corrected chi connectivity index (χ1v) is 18.2. The fourth-order valence-electron chi connectivity index (χ4n) is 5.97. The van der Waals surface area contributed by atoms with Crippen molar-refractivity contribution in [2.75, 3.05) is 48.8 Å². The van der Waals surface area contributed by atoms with Crippen LogP contribution in [0.4, 0.5) is 0 Å². The molecule has 0 bridgehead atoms. The van der Waals surface area contributed by atoms with Crippen LogP contribution in [0, 0.1) is 0 Å². The number of aldehydes is 1. The van der Waals surface area contributed by atoms with Gasteiger partial charge in [0.2, 0.25) is 11.5 Å². The highest BCUT2D eigenvalue weighted by molar-refractivity contribution is 7.00. The van der Waals surface area contributed by atoms with Crippen LogP contribution in [0.15, 0.2) is 72.3 Å². The zero-order valence-electron chi connectivity index (χ0n) is 31.8. The van der Waals surface area contributed by atoms with Gasteiger partial charge in [0.1, 0.15) is 23.1 Å². The van der Waals surface area contributed by atoms with Crippen LogP contribution in [0.3, 0.4) is 0 Å². The quantitative estimate of drug-likeness (QED) is 0.0795. The number of carbonyl (C=O) groups excluding carboxylic acids is 2. The number of cyclic esters (lactones) is 1. The maximum Gasteiger partial charge on any atom is 0.342 e. The van der Waals surface area contributed by atoms with E-state index in [0.717, 1.165) is 41.9 Å². The number of hydrogen-bond donors (Lipinski definition) is 1. The summed E-state index contributed by atoms with van der Waals surface area (Å²) in [7, 11) is 7.71. The van der Waals surface area contributed by atoms with E-state index in [1.54, 1.807) is 82.0 Å². The van der Waals surface area contributed by atoms with Gasteiger partial charge >= 0.3 is 5.97 Å². The van der Waals surface area contributed by atoms with Crippen LogP contribution in [0.1, 0.15) is 53.7 Å². The third kappa shape index (κ3) is 8.76. The van der Waals surface area contributed by atoms with Crippen LogP contribution in [0.25, 0.3) is 16.6 Å². The summed E-state index contributed by atoms with van der Waals surface area (Å²) < 4.78 is 52.5. The van der Waals surface area contributed by atoms with Crippen molar-refractivity contribution in [2.45, 2.75) is 38.9 Å². The molecular weight excluding hydrogens is 729 g/mol. The average molecular weight is 773 g/mol. The van der Waals surface area contributed by atoms with Crippen molar-refractivity contribution >= 4 is 40.6 Å². The summed E-state index contributed by atoms with van der Waals surface area (Å²) in [4.78, 5) is 24.2. The summed E-state index contributed by atoms with van der Waals surface area (Å²) in [6, 6.07) is 19.0. The highest BCUT2D eigenvalue weighted by atomic mass is 32.1. The minimum atomic E-state index is -2.02. The molecule has 290 valence electrons. The number of rotatable bonds is 16. The lowest BCUT2D eigenvalue weighted by atomic mass is 9.88. The van der Waals surface area contributed by atoms with Gasteiger partial charge in [-0.25, -0.2) is 4.79 Å². The van der Waals surface area contributed by atoms with Gasteiger partial charge in [-0.05, 0) is 84.6 Å². The van der Waals surface area contributed by atoms with Gasteiger partial charge in [0.25, 0.3) is 5.79 Å². The summed E-state index contributed by atoms with van der Waals surface area (Å²) in [6.45, 7) is 5.07. The zero-order chi connectivity index (χ0) is 39.5. The molecule has 1 unspecified atom stereocenters. The first-order valence-electron chi connectivity index (χ1n) is 17.5. The molecule has 14 heteroatoms. The van der Waals surface area contributed by atoms with Crippen molar-refractivity contribution in [3.63, 3.8) is 0 Å². The molecule has 4 aromatic carbocycles. The standard InChI is InChI=1S/C29H28N2O7S.C12H16O4/c1-5-12-37-25-15-17(14-24(35-3)27(25)36-4)13-21-26(18-6-11-22-23(16-18)31-39-30-22)28(32)38-29(21,33)19-7-9-20(34-2)10-8-19;1-4-5-16-11-7-9(8-13)6-10(14-2)12(11)15-3/h6-11,14-16,33H,5,12-13H2,1-4H3;6-8H,4-5H2,1-3H3. The van der Waals surface area contributed by atoms with Crippen LogP contribution in [0.5, 0.6) is 40.2 Å². The molecule has 1 atom stereocenters. The van der Waals surface area contributed by atoms with Crippen molar-refractivity contribution in [2.24, 2.45) is 0 Å². The number of aliphatic hydroxyl groups is 1. The largest absolute Gasteiger partial charge is 0.497 e. The highest BCUT2D eigenvalue weighted by Crippen LogP contribution is 2.47. The van der Waals surface area contributed by atoms with Gasteiger partial charge in [0, 0.05) is 23.1 Å². The van der Waals surface area contributed by atoms with Crippen molar-refractivity contribution in [3.05, 3.63) is 94.6 Å². The molecule has 0 saturated carbocycles. The van der Waals surface area contributed by atoms with E-state index in [9.17, 15) is 14.7 Å². The fourth-order valence-corrected chi connectivity index (χ4v) is 6.49. The topological polar surface area (TPSA) is 154 Å². The number of ether oxygens (including phenoxy) is 8. The Morgan fingerprint density at radius 1 is 0.727 bits per heavy atom. The molecule has 0 radical (unpaired) electrons. The summed E-state index contributed by atoms with van der Waals surface area (Å²) in [5.41, 5.74) is 4.20. The molecule has 0 saturated heterocycles. The zero-order valence-corrected chi connectivity index (χ0v) is 32.6. The lowest BCUT2D eigenvalue weighted by Gasteiger charge is -2.26. The second-order valence-electron chi connectivity index (χ2n) is 12.2. The predicted octanol–water partition coefficient (Wildman–Crippen LogP) is 7.21. The Bertz CT molecular complexity index is 2150. The van der Waals surface area contributed by atoms with Gasteiger partial charge in [-0.3, -0.25) is 4.79 Å². The number of methoxy groups -OCH3 is 5. The molecule has 1 aromatic heterocycles. The summed E-state index contributed by atoms with van der Waals surface area (Å²) in [5.74, 6) is 0.928. The van der Waals surface area contributed by atoms with Crippen LogP contribution in [-0.2, 0) is 21.7 Å². The molecule has 1 N–H and O–H groups in total. The lowest BCUT2D eigenvalue weighted by Crippen LogP contribution is -2.29. The van der Waals surface area contributed by atoms with Gasteiger partial charge in [-0.1, -0.05) is 19.9 Å². The summed E-state index contributed by atoms with van der Waals surface area (Å²) in [6.07, 6.45) is 2.59. The first-order chi connectivity index (χ1) is 26.7. The van der Waals surface area contributed by atoms with E-state index in [1.165, 1.54) is 14.2 Å². The normalized spacial score (nSPS) is 14.8. The molecule has 0 amide bonds. The van der Waals surface area contributed by atoms with E-state index in [-0.39, 0.29) is 12.0 Å². The van der Waals surface area contributed by atoms with E-state index in [4.69, 9.17) is 37.9 Å². The maximum absolute atomic E-state index is 13.4. The molecule has 0 fully saturated rings. The monoisotopic (exact) mass is 772 g/mol. The Morgan fingerprint density at radius 3 is 1.89 bits per heavy atom. The Hall–Kier alpha value is -5.86. The minimum Gasteiger partial charge on any atom is -0.497 e. The number of aromatic nitrogens is 2. The predicted molar refractivity (Wildman–Crippen MR) is 207 cm³/mol. The Balaban J connectivity index is 0.000000305. The Morgan fingerprint density at radius 2 is 1.31 bits per heavy atom. The summed E-state index contributed by atoms with van der Waals surface area (Å²) >= 11 is 1.09. The summed E-state index contributed by atoms with van der Waals surface area (Å²) in [5, 5.41) is 12.0. The van der Waals surface area contributed by atoms with Gasteiger partial charge in [-0.2, -0.15) is 8.75 Å². The van der Waals surface area contributed by atoms with Gasteiger partial charge in [-0.15, -0.1) is 0 Å². The Labute approximate surface area is 323 Å². The van der Waals surface area contributed by atoms with Gasteiger partial charge in [0.05, 0.1) is 66.1 Å². The smallest absolute Gasteiger partial charge is 0.342 e. The van der Waals surface area contributed by atoms with Crippen molar-refractivity contribution < 1.29 is 52.6 Å². The van der Waals surface area contributed by atoms with Crippen LogP contribution in [0.2, 0.25) is 0 Å². The van der Waals surface area contributed by atoms with Gasteiger partial charge in [0.15, 0.2) is 23.0 Å². The Kier molecular flexibility index (Phi) is 13.5. The molecule has 5 aromatic rings. The highest BCUT2D eigenvalue weighted by Gasteiger charge is 2.48. The maximum atomic E-state index is 13.4. The number of esters is 1. The third-order valence-electron chi connectivity index (χ3n) is 8.59. The molecule has 55 heavy (non-hydrogen) atoms. The van der Waals surface area contributed by atoms with E-state index in [1.807, 2.05) is 19.9 Å². The number of fused-ring (bicyclic) bond motifs is 1. The molecule has 0 aliphatic carbocycles.